The van der Waals surface area contributed by atoms with Crippen LogP contribution in [0.2, 0.25) is 0 Å². The van der Waals surface area contributed by atoms with Crippen molar-refractivity contribution in [2.24, 2.45) is 5.41 Å². The predicted molar refractivity (Wildman–Crippen MR) is 166 cm³/mol. The van der Waals surface area contributed by atoms with Gasteiger partial charge in [0.1, 0.15) is 0 Å². The van der Waals surface area contributed by atoms with E-state index in [9.17, 15) is 4.79 Å². The molecule has 0 bridgehead atoms. The molecule has 0 amide bonds. The minimum absolute atomic E-state index is 0.288. The number of fused-ring (bicyclic) bond motifs is 3. The first-order chi connectivity index (χ1) is 19.4. The van der Waals surface area contributed by atoms with Gasteiger partial charge < -0.3 is 9.16 Å². The van der Waals surface area contributed by atoms with Gasteiger partial charge >= 0.3 is 5.97 Å². The highest BCUT2D eigenvalue weighted by Gasteiger charge is 2.52. The Labute approximate surface area is 235 Å². The molecule has 4 heteroatoms. The zero-order chi connectivity index (χ0) is 27.3. The summed E-state index contributed by atoms with van der Waals surface area (Å²) < 4.78 is 13.0. The summed E-state index contributed by atoms with van der Waals surface area (Å²) in [6.07, 6.45) is -0.691. The number of hydrogen-bond acceptors (Lipinski definition) is 3. The third-order valence-corrected chi connectivity index (χ3v) is 12.2. The Morgan fingerprint density at radius 3 is 1.32 bits per heavy atom. The van der Waals surface area contributed by atoms with Crippen molar-refractivity contribution in [3.8, 4) is 0 Å². The van der Waals surface area contributed by atoms with Crippen molar-refractivity contribution in [3.05, 3.63) is 127 Å². The van der Waals surface area contributed by atoms with Crippen LogP contribution in [0.5, 0.6) is 0 Å². The van der Waals surface area contributed by atoms with Crippen molar-refractivity contribution in [3.63, 3.8) is 0 Å². The van der Waals surface area contributed by atoms with Crippen molar-refractivity contribution >= 4 is 62.2 Å². The van der Waals surface area contributed by atoms with E-state index in [2.05, 4.69) is 141 Å². The molecule has 1 fully saturated rings. The van der Waals surface area contributed by atoms with Crippen molar-refractivity contribution in [1.29, 1.82) is 0 Å². The molecule has 1 heterocycles. The molecule has 7 rings (SSSR count). The molecule has 0 aromatic heterocycles. The molecular weight excluding hydrogens is 508 g/mol. The highest BCUT2D eigenvalue weighted by Crippen LogP contribution is 2.34. The van der Waals surface area contributed by atoms with E-state index in [1.54, 1.807) is 0 Å². The van der Waals surface area contributed by atoms with Crippen LogP contribution in [0.1, 0.15) is 13.8 Å². The van der Waals surface area contributed by atoms with Gasteiger partial charge in [0.15, 0.2) is 6.10 Å². The van der Waals surface area contributed by atoms with Crippen molar-refractivity contribution in [2.75, 3.05) is 6.61 Å². The molecule has 196 valence electrons. The van der Waals surface area contributed by atoms with Gasteiger partial charge in [-0.25, -0.2) is 4.79 Å². The Bertz CT molecular complexity index is 1720. The van der Waals surface area contributed by atoms with Crippen LogP contribution in [0.3, 0.4) is 0 Å². The molecule has 1 atom stereocenters. The third-order valence-electron chi connectivity index (χ3n) is 8.27. The van der Waals surface area contributed by atoms with Crippen LogP contribution in [0.15, 0.2) is 127 Å². The quantitative estimate of drug-likeness (QED) is 0.152. The van der Waals surface area contributed by atoms with Crippen molar-refractivity contribution in [2.45, 2.75) is 20.0 Å². The highest BCUT2D eigenvalue weighted by molar-refractivity contribution is 7.07. The van der Waals surface area contributed by atoms with Crippen LogP contribution in [0.4, 0.5) is 0 Å². The minimum Gasteiger partial charge on any atom is -0.463 e. The highest BCUT2D eigenvalue weighted by atomic mass is 28.4. The summed E-state index contributed by atoms with van der Waals surface area (Å²) in [4.78, 5) is 13.3. The molecule has 6 aromatic carbocycles. The van der Waals surface area contributed by atoms with E-state index in [0.717, 1.165) is 31.7 Å². The zero-order valence-corrected chi connectivity index (χ0v) is 23.6. The molecule has 1 aliphatic rings. The van der Waals surface area contributed by atoms with E-state index >= 15 is 0 Å². The number of rotatable bonds is 5. The topological polar surface area (TPSA) is 35.5 Å². The molecule has 1 saturated heterocycles. The average molecular weight is 539 g/mol. The Balaban J connectivity index is 1.58. The van der Waals surface area contributed by atoms with Gasteiger partial charge in [-0.3, -0.25) is 0 Å². The van der Waals surface area contributed by atoms with Crippen molar-refractivity contribution < 1.29 is 14.0 Å². The van der Waals surface area contributed by atoms with Crippen LogP contribution in [0, 0.1) is 5.41 Å². The predicted octanol–water partition coefficient (Wildman–Crippen LogP) is 6.08. The monoisotopic (exact) mass is 538 g/mol. The lowest BCUT2D eigenvalue weighted by Crippen LogP contribution is -2.71. The van der Waals surface area contributed by atoms with Crippen LogP contribution < -0.4 is 15.6 Å². The molecular formula is C36H30O3Si. The second kappa shape index (κ2) is 9.44. The lowest BCUT2D eigenvalue weighted by atomic mass is 9.90. The van der Waals surface area contributed by atoms with E-state index in [-0.39, 0.29) is 5.97 Å². The van der Waals surface area contributed by atoms with E-state index in [4.69, 9.17) is 9.16 Å². The Kier molecular flexibility index (Phi) is 5.84. The summed E-state index contributed by atoms with van der Waals surface area (Å²) in [6, 6.07) is 45.1. The molecule has 0 unspecified atom stereocenters. The summed E-state index contributed by atoms with van der Waals surface area (Å²) in [7, 11) is -3.27. The number of esters is 1. The summed E-state index contributed by atoms with van der Waals surface area (Å²) >= 11 is 0. The number of benzene rings is 6. The Morgan fingerprint density at radius 2 is 0.975 bits per heavy atom. The maximum Gasteiger partial charge on any atom is 0.334 e. The molecule has 1 aliphatic heterocycles. The van der Waals surface area contributed by atoms with Crippen LogP contribution in [0.25, 0.3) is 32.3 Å². The summed E-state index contributed by atoms with van der Waals surface area (Å²) in [5.41, 5.74) is -0.458. The average Bonchev–Trinajstić information content (AvgIpc) is 3.25. The lowest BCUT2D eigenvalue weighted by molar-refractivity contribution is -0.144. The normalized spacial score (nSPS) is 16.9. The number of hydrogen-bond donors (Lipinski definition) is 0. The fourth-order valence-corrected chi connectivity index (χ4v) is 10.2. The van der Waals surface area contributed by atoms with E-state index in [1.807, 2.05) is 0 Å². The first-order valence-electron chi connectivity index (χ1n) is 13.8. The summed E-state index contributed by atoms with van der Waals surface area (Å²) in [5, 5.41) is 10.3. The molecule has 40 heavy (non-hydrogen) atoms. The van der Waals surface area contributed by atoms with Gasteiger partial charge in [0, 0.05) is 5.41 Å². The van der Waals surface area contributed by atoms with E-state index in [0.29, 0.717) is 6.61 Å². The SMILES string of the molecule is CC1(C)COC(=O)[C@@H]1O[Si](c1ccc2ccccc2c1)(c1ccc2ccccc2c1)c1ccc2ccccc2c1. The zero-order valence-electron chi connectivity index (χ0n) is 22.6. The number of carbonyl (C=O) groups is 1. The van der Waals surface area contributed by atoms with Gasteiger partial charge in [-0.1, -0.05) is 141 Å². The molecule has 3 nitrogen and oxygen atoms in total. The largest absolute Gasteiger partial charge is 0.463 e. The van der Waals surface area contributed by atoms with Gasteiger partial charge in [-0.15, -0.1) is 0 Å². The summed E-state index contributed by atoms with van der Waals surface area (Å²) in [5.74, 6) is -0.288. The standard InChI is InChI=1S/C36H30O3Si/c1-36(2)24-38-35(37)34(36)39-40(31-18-15-25-9-3-6-12-28(25)21-31,32-19-16-26-10-4-7-13-29(26)22-32)33-20-17-27-11-5-8-14-30(27)23-33/h3-23,34H,24H2,1-2H3/t34-/m0/s1. The molecule has 0 saturated carbocycles. The maximum atomic E-state index is 13.3. The fraction of sp³-hybridized carbons (Fsp3) is 0.139. The number of carbonyl (C=O) groups excluding carboxylic acids is 1. The first-order valence-corrected chi connectivity index (χ1v) is 15.7. The lowest BCUT2D eigenvalue weighted by Gasteiger charge is -2.38. The molecule has 0 spiro atoms. The van der Waals surface area contributed by atoms with Crippen LogP contribution in [-0.2, 0) is 14.0 Å². The third kappa shape index (κ3) is 4.03. The fourth-order valence-electron chi connectivity index (χ4n) is 6.04. The second-order valence-corrected chi connectivity index (χ2v) is 14.8. The second-order valence-electron chi connectivity index (χ2n) is 11.5. The number of cyclic esters (lactones) is 1. The smallest absolute Gasteiger partial charge is 0.334 e. The van der Waals surface area contributed by atoms with E-state index in [1.165, 1.54) is 16.2 Å². The van der Waals surface area contributed by atoms with Gasteiger partial charge in [0.05, 0.1) is 6.61 Å². The maximum absolute atomic E-state index is 13.3. The Morgan fingerprint density at radius 1 is 0.600 bits per heavy atom. The van der Waals surface area contributed by atoms with Gasteiger partial charge in [0.25, 0.3) is 8.32 Å². The van der Waals surface area contributed by atoms with Gasteiger partial charge in [0.2, 0.25) is 0 Å². The molecule has 6 aromatic rings. The number of ether oxygens (including phenoxy) is 1. The van der Waals surface area contributed by atoms with Gasteiger partial charge in [-0.05, 0) is 47.9 Å². The Hall–Kier alpha value is -4.25. The molecule has 0 N–H and O–H groups in total. The van der Waals surface area contributed by atoms with E-state index < -0.39 is 19.8 Å². The first kappa shape index (κ1) is 24.8. The van der Waals surface area contributed by atoms with Crippen LogP contribution >= 0.6 is 0 Å². The van der Waals surface area contributed by atoms with Crippen molar-refractivity contribution in [1.82, 2.24) is 0 Å². The molecule has 0 radical (unpaired) electrons. The van der Waals surface area contributed by atoms with Gasteiger partial charge in [-0.2, -0.15) is 0 Å². The molecule has 0 aliphatic carbocycles. The van der Waals surface area contributed by atoms with Crippen LogP contribution in [-0.4, -0.2) is 27.0 Å². The minimum atomic E-state index is -3.27. The summed E-state index contributed by atoms with van der Waals surface area (Å²) in [6.45, 7) is 4.46.